The maximum atomic E-state index is 11.9. The summed E-state index contributed by atoms with van der Waals surface area (Å²) < 4.78 is 11.2. The van der Waals surface area contributed by atoms with Gasteiger partial charge in [-0.05, 0) is 41.5 Å². The van der Waals surface area contributed by atoms with Crippen LogP contribution in [0.2, 0.25) is 0 Å². The number of nitrogens with one attached hydrogen (secondary N) is 2. The molecule has 0 saturated heterocycles. The van der Waals surface area contributed by atoms with Crippen molar-refractivity contribution in [1.82, 2.24) is 5.43 Å². The number of methoxy groups -OCH3 is 1. The van der Waals surface area contributed by atoms with Crippen molar-refractivity contribution in [2.75, 3.05) is 19.0 Å². The van der Waals surface area contributed by atoms with Gasteiger partial charge in [0, 0.05) is 5.69 Å². The molecular formula is C23H23N3O3. The van der Waals surface area contributed by atoms with E-state index in [2.05, 4.69) is 15.8 Å². The first kappa shape index (κ1) is 19.9. The van der Waals surface area contributed by atoms with Gasteiger partial charge in [0.2, 0.25) is 0 Å². The van der Waals surface area contributed by atoms with Crippen LogP contribution < -0.4 is 20.2 Å². The molecule has 0 aliphatic carbocycles. The summed E-state index contributed by atoms with van der Waals surface area (Å²) in [5, 5.41) is 7.02. The van der Waals surface area contributed by atoms with Crippen molar-refractivity contribution in [3.05, 3.63) is 90.0 Å². The molecule has 29 heavy (non-hydrogen) atoms. The highest BCUT2D eigenvalue weighted by atomic mass is 16.5. The number of hydrogen-bond acceptors (Lipinski definition) is 5. The van der Waals surface area contributed by atoms with E-state index in [0.717, 1.165) is 16.8 Å². The molecule has 0 spiro atoms. The first-order chi connectivity index (χ1) is 14.2. The Morgan fingerprint density at radius 2 is 1.69 bits per heavy atom. The standard InChI is InChI=1S/C23H23N3O3/c1-28-22-14-19(12-13-21(22)29-17-18-8-4-2-5-9-18)15-25-26-23(27)16-24-20-10-6-3-7-11-20/h2-15,24H,16-17H2,1H3,(H,26,27)/b25-15-. The van der Waals surface area contributed by atoms with E-state index in [0.29, 0.717) is 18.1 Å². The van der Waals surface area contributed by atoms with Crippen LogP contribution in [0.1, 0.15) is 11.1 Å². The van der Waals surface area contributed by atoms with Crippen LogP contribution in [-0.4, -0.2) is 25.8 Å². The maximum Gasteiger partial charge on any atom is 0.259 e. The number of para-hydroxylation sites is 1. The number of amides is 1. The topological polar surface area (TPSA) is 72.0 Å². The predicted molar refractivity (Wildman–Crippen MR) is 114 cm³/mol. The molecule has 0 aliphatic heterocycles. The highest BCUT2D eigenvalue weighted by molar-refractivity contribution is 5.84. The van der Waals surface area contributed by atoms with Gasteiger partial charge < -0.3 is 14.8 Å². The molecule has 0 radical (unpaired) electrons. The number of ether oxygens (including phenoxy) is 2. The highest BCUT2D eigenvalue weighted by Gasteiger charge is 2.06. The third-order valence-corrected chi connectivity index (χ3v) is 4.05. The van der Waals surface area contributed by atoms with Crippen LogP contribution in [0.3, 0.4) is 0 Å². The van der Waals surface area contributed by atoms with Crippen molar-refractivity contribution in [2.24, 2.45) is 5.10 Å². The number of carbonyl (C=O) groups excluding carboxylic acids is 1. The molecule has 6 nitrogen and oxygen atoms in total. The Labute approximate surface area is 170 Å². The lowest BCUT2D eigenvalue weighted by Crippen LogP contribution is -2.25. The molecule has 1 amide bonds. The van der Waals surface area contributed by atoms with Crippen LogP contribution in [0.4, 0.5) is 5.69 Å². The number of hydrazone groups is 1. The Kier molecular flexibility index (Phi) is 7.23. The smallest absolute Gasteiger partial charge is 0.259 e. The zero-order valence-corrected chi connectivity index (χ0v) is 16.2. The molecule has 0 atom stereocenters. The second-order valence-corrected chi connectivity index (χ2v) is 6.20. The second-order valence-electron chi connectivity index (χ2n) is 6.20. The van der Waals surface area contributed by atoms with E-state index < -0.39 is 0 Å². The van der Waals surface area contributed by atoms with Gasteiger partial charge in [-0.1, -0.05) is 48.5 Å². The third kappa shape index (κ3) is 6.39. The summed E-state index contributed by atoms with van der Waals surface area (Å²) in [5.41, 5.74) is 5.23. The van der Waals surface area contributed by atoms with E-state index in [1.165, 1.54) is 0 Å². The van der Waals surface area contributed by atoms with Gasteiger partial charge in [-0.3, -0.25) is 4.79 Å². The quantitative estimate of drug-likeness (QED) is 0.431. The van der Waals surface area contributed by atoms with Gasteiger partial charge in [0.05, 0.1) is 19.9 Å². The highest BCUT2D eigenvalue weighted by Crippen LogP contribution is 2.28. The summed E-state index contributed by atoms with van der Waals surface area (Å²) in [7, 11) is 1.59. The molecule has 148 valence electrons. The van der Waals surface area contributed by atoms with Crippen molar-refractivity contribution in [3.8, 4) is 11.5 Å². The lowest BCUT2D eigenvalue weighted by molar-refractivity contribution is -0.119. The molecule has 3 aromatic rings. The fraction of sp³-hybridized carbons (Fsp3) is 0.130. The van der Waals surface area contributed by atoms with Crippen LogP contribution >= 0.6 is 0 Å². The average molecular weight is 389 g/mol. The monoisotopic (exact) mass is 389 g/mol. The lowest BCUT2D eigenvalue weighted by Gasteiger charge is -2.11. The molecular weight excluding hydrogens is 366 g/mol. The molecule has 0 unspecified atom stereocenters. The van der Waals surface area contributed by atoms with E-state index >= 15 is 0 Å². The first-order valence-corrected chi connectivity index (χ1v) is 9.20. The van der Waals surface area contributed by atoms with Crippen LogP contribution in [0.15, 0.2) is 84.0 Å². The summed E-state index contributed by atoms with van der Waals surface area (Å²) in [6.45, 7) is 0.589. The Bertz CT molecular complexity index is 944. The van der Waals surface area contributed by atoms with Gasteiger partial charge in [0.15, 0.2) is 11.5 Å². The SMILES string of the molecule is COc1cc(/C=N\NC(=O)CNc2ccccc2)ccc1OCc1ccccc1. The van der Waals surface area contributed by atoms with Gasteiger partial charge in [-0.2, -0.15) is 5.10 Å². The Morgan fingerprint density at radius 3 is 2.41 bits per heavy atom. The van der Waals surface area contributed by atoms with Crippen molar-refractivity contribution in [2.45, 2.75) is 6.61 Å². The minimum atomic E-state index is -0.236. The molecule has 0 heterocycles. The number of rotatable bonds is 9. The summed E-state index contributed by atoms with van der Waals surface area (Å²) in [6, 6.07) is 24.9. The van der Waals surface area contributed by atoms with E-state index in [4.69, 9.17) is 9.47 Å². The van der Waals surface area contributed by atoms with Crippen molar-refractivity contribution in [3.63, 3.8) is 0 Å². The fourth-order valence-corrected chi connectivity index (χ4v) is 2.58. The summed E-state index contributed by atoms with van der Waals surface area (Å²) >= 11 is 0. The normalized spacial score (nSPS) is 10.5. The van der Waals surface area contributed by atoms with Crippen LogP contribution in [-0.2, 0) is 11.4 Å². The largest absolute Gasteiger partial charge is 0.493 e. The third-order valence-electron chi connectivity index (χ3n) is 4.05. The summed E-state index contributed by atoms with van der Waals surface area (Å²) in [4.78, 5) is 11.9. The molecule has 3 aromatic carbocycles. The van der Waals surface area contributed by atoms with Gasteiger partial charge in [0.25, 0.3) is 5.91 Å². The molecule has 0 aromatic heterocycles. The number of nitrogens with zero attached hydrogens (tertiary/aromatic N) is 1. The average Bonchev–Trinajstić information content (AvgIpc) is 2.78. The lowest BCUT2D eigenvalue weighted by atomic mass is 10.2. The van der Waals surface area contributed by atoms with Gasteiger partial charge >= 0.3 is 0 Å². The van der Waals surface area contributed by atoms with Crippen molar-refractivity contribution < 1.29 is 14.3 Å². The van der Waals surface area contributed by atoms with Crippen molar-refractivity contribution in [1.29, 1.82) is 0 Å². The molecule has 2 N–H and O–H groups in total. The van der Waals surface area contributed by atoms with E-state index in [9.17, 15) is 4.79 Å². The maximum absolute atomic E-state index is 11.9. The minimum absolute atomic E-state index is 0.136. The molecule has 0 fully saturated rings. The van der Waals surface area contributed by atoms with E-state index in [1.807, 2.05) is 72.8 Å². The number of benzene rings is 3. The van der Waals surface area contributed by atoms with Crippen LogP contribution in [0, 0.1) is 0 Å². The minimum Gasteiger partial charge on any atom is -0.493 e. The Morgan fingerprint density at radius 1 is 0.966 bits per heavy atom. The molecule has 3 rings (SSSR count). The zero-order chi connectivity index (χ0) is 20.3. The Hall–Kier alpha value is -3.80. The second kappa shape index (κ2) is 10.5. The number of hydrogen-bond donors (Lipinski definition) is 2. The first-order valence-electron chi connectivity index (χ1n) is 9.20. The number of carbonyl (C=O) groups is 1. The molecule has 0 aliphatic rings. The van der Waals surface area contributed by atoms with Crippen LogP contribution in [0.25, 0.3) is 0 Å². The van der Waals surface area contributed by atoms with Crippen LogP contribution in [0.5, 0.6) is 11.5 Å². The van der Waals surface area contributed by atoms with Gasteiger partial charge in [-0.25, -0.2) is 5.43 Å². The van der Waals surface area contributed by atoms with E-state index in [1.54, 1.807) is 19.4 Å². The number of anilines is 1. The van der Waals surface area contributed by atoms with Crippen molar-refractivity contribution >= 4 is 17.8 Å². The molecule has 0 bridgehead atoms. The molecule has 6 heteroatoms. The Balaban J connectivity index is 1.51. The van der Waals surface area contributed by atoms with Gasteiger partial charge in [0.1, 0.15) is 6.61 Å². The van der Waals surface area contributed by atoms with E-state index in [-0.39, 0.29) is 12.5 Å². The summed E-state index contributed by atoms with van der Waals surface area (Å²) in [6.07, 6.45) is 1.56. The predicted octanol–water partition coefficient (Wildman–Crippen LogP) is 3.84. The van der Waals surface area contributed by atoms with Gasteiger partial charge in [-0.15, -0.1) is 0 Å². The molecule has 0 saturated carbocycles. The summed E-state index contributed by atoms with van der Waals surface area (Å²) in [5.74, 6) is 1.01. The fourth-order valence-electron chi connectivity index (χ4n) is 2.58. The zero-order valence-electron chi connectivity index (χ0n) is 16.2.